The zero-order valence-electron chi connectivity index (χ0n) is 7.31. The van der Waals surface area contributed by atoms with Crippen molar-refractivity contribution in [3.8, 4) is 0 Å². The normalized spacial score (nSPS) is 13.4. The Hall–Kier alpha value is 0.400. The summed E-state index contributed by atoms with van der Waals surface area (Å²) in [7, 11) is 1.64. The van der Waals surface area contributed by atoms with Gasteiger partial charge in [0.15, 0.2) is 0 Å². The molecule has 0 aliphatic rings. The molecule has 0 aliphatic heterocycles. The monoisotopic (exact) mass is 224 g/mol. The lowest BCUT2D eigenvalue weighted by molar-refractivity contribution is -0.0422. The molecule has 0 N–H and O–H groups in total. The first-order valence-electron chi connectivity index (χ1n) is 3.94. The molecule has 0 bridgehead atoms. The number of rotatable bonds is 7. The van der Waals surface area contributed by atoms with E-state index in [0.717, 1.165) is 11.9 Å². The van der Waals surface area contributed by atoms with Crippen LogP contribution in [0.1, 0.15) is 19.8 Å². The molecule has 0 saturated heterocycles. The van der Waals surface area contributed by atoms with Gasteiger partial charge < -0.3 is 9.47 Å². The smallest absolute Gasteiger partial charge is 0.146 e. The summed E-state index contributed by atoms with van der Waals surface area (Å²) in [4.78, 5) is 0. The second kappa shape index (κ2) is 8.50. The minimum absolute atomic E-state index is 0.415. The first-order valence-corrected chi connectivity index (χ1v) is 5.06. The molecule has 0 aromatic heterocycles. The molecule has 0 spiro atoms. The van der Waals surface area contributed by atoms with Crippen LogP contribution in [0.2, 0.25) is 0 Å². The van der Waals surface area contributed by atoms with Gasteiger partial charge in [-0.05, 0) is 18.8 Å². The van der Waals surface area contributed by atoms with Crippen molar-refractivity contribution < 1.29 is 9.47 Å². The van der Waals surface area contributed by atoms with Crippen molar-refractivity contribution in [2.45, 2.75) is 19.8 Å². The Balaban J connectivity index is 3.02. The topological polar surface area (TPSA) is 18.5 Å². The van der Waals surface area contributed by atoms with E-state index in [-0.39, 0.29) is 0 Å². The quantitative estimate of drug-likeness (QED) is 0.376. The Kier molecular flexibility index (Phi) is 8.81. The van der Waals surface area contributed by atoms with Crippen molar-refractivity contribution in [3.05, 3.63) is 0 Å². The molecule has 0 fully saturated rings. The highest BCUT2D eigenvalue weighted by Gasteiger charge is 2.00. The Bertz CT molecular complexity index is 78.5. The predicted octanol–water partition coefficient (Wildman–Crippen LogP) is 2.42. The minimum atomic E-state index is 0.415. The molecule has 0 aromatic carbocycles. The molecule has 0 amide bonds. The van der Waals surface area contributed by atoms with Crippen LogP contribution in [0, 0.1) is 5.92 Å². The van der Waals surface area contributed by atoms with Gasteiger partial charge in [-0.25, -0.2) is 0 Å². The summed E-state index contributed by atoms with van der Waals surface area (Å²) in [6, 6.07) is 0. The molecule has 1 atom stereocenters. The standard InChI is InChI=1S/C8H17BrO2/c1-8(4-3-5-9)6-11-7-10-2/h8H,3-7H2,1-2H3/t8-/m1/s1. The summed E-state index contributed by atoms with van der Waals surface area (Å²) in [5.74, 6) is 0.641. The van der Waals surface area contributed by atoms with Crippen LogP contribution >= 0.6 is 15.9 Å². The molecular weight excluding hydrogens is 208 g/mol. The van der Waals surface area contributed by atoms with Crippen molar-refractivity contribution >= 4 is 15.9 Å². The summed E-state index contributed by atoms with van der Waals surface area (Å²) in [5.41, 5.74) is 0. The summed E-state index contributed by atoms with van der Waals surface area (Å²) >= 11 is 3.39. The van der Waals surface area contributed by atoms with Crippen LogP contribution < -0.4 is 0 Å². The molecule has 2 nitrogen and oxygen atoms in total. The highest BCUT2D eigenvalue weighted by molar-refractivity contribution is 9.09. The lowest BCUT2D eigenvalue weighted by Gasteiger charge is -2.09. The van der Waals surface area contributed by atoms with E-state index in [4.69, 9.17) is 9.47 Å². The zero-order valence-corrected chi connectivity index (χ0v) is 8.89. The van der Waals surface area contributed by atoms with E-state index in [9.17, 15) is 0 Å². The summed E-state index contributed by atoms with van der Waals surface area (Å²) in [6.07, 6.45) is 2.44. The van der Waals surface area contributed by atoms with E-state index in [1.807, 2.05) is 0 Å². The number of hydrogen-bond donors (Lipinski definition) is 0. The van der Waals surface area contributed by atoms with Crippen LogP contribution in [-0.4, -0.2) is 25.8 Å². The molecule has 0 saturated carbocycles. The predicted molar refractivity (Wildman–Crippen MR) is 50.0 cm³/mol. The lowest BCUT2D eigenvalue weighted by Crippen LogP contribution is -2.07. The Labute approximate surface area is 77.4 Å². The third-order valence-electron chi connectivity index (χ3n) is 1.43. The van der Waals surface area contributed by atoms with E-state index >= 15 is 0 Å². The summed E-state index contributed by atoms with van der Waals surface area (Å²) in [5, 5.41) is 1.08. The van der Waals surface area contributed by atoms with Gasteiger partial charge in [-0.15, -0.1) is 0 Å². The van der Waals surface area contributed by atoms with Crippen LogP contribution in [0.4, 0.5) is 0 Å². The Morgan fingerprint density at radius 3 is 2.73 bits per heavy atom. The number of hydrogen-bond acceptors (Lipinski definition) is 2. The average molecular weight is 225 g/mol. The van der Waals surface area contributed by atoms with E-state index < -0.39 is 0 Å². The average Bonchev–Trinajstić information content (AvgIpc) is 2.01. The molecule has 3 heteroatoms. The fourth-order valence-electron chi connectivity index (χ4n) is 0.842. The van der Waals surface area contributed by atoms with E-state index in [0.29, 0.717) is 12.7 Å². The van der Waals surface area contributed by atoms with Crippen LogP contribution in [0.5, 0.6) is 0 Å². The number of alkyl halides is 1. The Morgan fingerprint density at radius 1 is 1.45 bits per heavy atom. The van der Waals surface area contributed by atoms with Gasteiger partial charge in [-0.1, -0.05) is 22.9 Å². The third kappa shape index (κ3) is 8.30. The second-order valence-corrected chi connectivity index (χ2v) is 3.51. The molecule has 0 rings (SSSR count). The Morgan fingerprint density at radius 2 is 2.18 bits per heavy atom. The fraction of sp³-hybridized carbons (Fsp3) is 1.00. The van der Waals surface area contributed by atoms with E-state index in [2.05, 4.69) is 22.9 Å². The number of methoxy groups -OCH3 is 1. The van der Waals surface area contributed by atoms with Crippen LogP contribution in [0.15, 0.2) is 0 Å². The minimum Gasteiger partial charge on any atom is -0.359 e. The fourth-order valence-corrected chi connectivity index (χ4v) is 1.17. The van der Waals surface area contributed by atoms with E-state index in [1.54, 1.807) is 7.11 Å². The van der Waals surface area contributed by atoms with Crippen LogP contribution in [0.25, 0.3) is 0 Å². The summed E-state index contributed by atoms with van der Waals surface area (Å²) < 4.78 is 9.97. The highest BCUT2D eigenvalue weighted by Crippen LogP contribution is 2.06. The van der Waals surface area contributed by atoms with Gasteiger partial charge in [0.05, 0.1) is 6.61 Å². The molecule has 0 unspecified atom stereocenters. The largest absolute Gasteiger partial charge is 0.359 e. The van der Waals surface area contributed by atoms with Gasteiger partial charge in [0.2, 0.25) is 0 Å². The highest BCUT2D eigenvalue weighted by atomic mass is 79.9. The zero-order chi connectivity index (χ0) is 8.53. The van der Waals surface area contributed by atoms with Gasteiger partial charge in [-0.2, -0.15) is 0 Å². The van der Waals surface area contributed by atoms with Crippen molar-refractivity contribution in [2.75, 3.05) is 25.8 Å². The first kappa shape index (κ1) is 11.4. The number of halogens is 1. The van der Waals surface area contributed by atoms with Gasteiger partial charge in [0, 0.05) is 12.4 Å². The van der Waals surface area contributed by atoms with Crippen molar-refractivity contribution in [1.82, 2.24) is 0 Å². The van der Waals surface area contributed by atoms with E-state index in [1.165, 1.54) is 12.8 Å². The van der Waals surface area contributed by atoms with Crippen LogP contribution in [0.3, 0.4) is 0 Å². The number of ether oxygens (including phenoxy) is 2. The van der Waals surface area contributed by atoms with Gasteiger partial charge in [0.25, 0.3) is 0 Å². The van der Waals surface area contributed by atoms with Gasteiger partial charge in [0.1, 0.15) is 6.79 Å². The van der Waals surface area contributed by atoms with Crippen molar-refractivity contribution in [3.63, 3.8) is 0 Å². The second-order valence-electron chi connectivity index (χ2n) is 2.71. The van der Waals surface area contributed by atoms with Crippen molar-refractivity contribution in [1.29, 1.82) is 0 Å². The maximum Gasteiger partial charge on any atom is 0.146 e. The van der Waals surface area contributed by atoms with Gasteiger partial charge >= 0.3 is 0 Å². The molecule has 0 aliphatic carbocycles. The lowest BCUT2D eigenvalue weighted by atomic mass is 10.1. The molecule has 0 aromatic rings. The summed E-state index contributed by atoms with van der Waals surface area (Å²) in [6.45, 7) is 3.41. The first-order chi connectivity index (χ1) is 5.31. The maximum absolute atomic E-state index is 5.20. The molecular formula is C8H17BrO2. The van der Waals surface area contributed by atoms with Crippen LogP contribution in [-0.2, 0) is 9.47 Å². The molecule has 0 radical (unpaired) electrons. The SMILES string of the molecule is COCOC[C@H](C)CCCBr. The molecule has 68 valence electrons. The molecule has 11 heavy (non-hydrogen) atoms. The van der Waals surface area contributed by atoms with Crippen molar-refractivity contribution in [2.24, 2.45) is 5.92 Å². The molecule has 0 heterocycles. The third-order valence-corrected chi connectivity index (χ3v) is 1.99. The maximum atomic E-state index is 5.20. The van der Waals surface area contributed by atoms with Gasteiger partial charge in [-0.3, -0.25) is 0 Å².